The van der Waals surface area contributed by atoms with Crippen LogP contribution in [0.1, 0.15) is 12.0 Å². The normalized spacial score (nSPS) is 13.8. The lowest BCUT2D eigenvalue weighted by atomic mass is 10.1. The molecule has 2 rings (SSSR count). The Morgan fingerprint density at radius 3 is 2.54 bits per heavy atom. The van der Waals surface area contributed by atoms with Crippen LogP contribution >= 0.6 is 0 Å². The predicted molar refractivity (Wildman–Crippen MR) is 95.2 cm³/mol. The van der Waals surface area contributed by atoms with Crippen LogP contribution in [0.5, 0.6) is 0 Å². The summed E-state index contributed by atoms with van der Waals surface area (Å²) in [6, 6.07) is 7.27. The highest BCUT2D eigenvalue weighted by Gasteiger charge is 2.34. The zero-order chi connectivity index (χ0) is 19.1. The monoisotopic (exact) mass is 361 g/mol. The van der Waals surface area contributed by atoms with Crippen LogP contribution in [0, 0.1) is 0 Å². The second-order valence-electron chi connectivity index (χ2n) is 5.79. The second kappa shape index (κ2) is 9.00. The molecule has 0 fully saturated rings. The number of rotatable bonds is 8. The van der Waals surface area contributed by atoms with E-state index in [0.29, 0.717) is 18.5 Å². The SMILES string of the molecule is CNC(=O)CCc1ccc(NC2=C(C(=O)OC)CN(CCO)C2=O)cc1. The molecule has 2 amide bonds. The van der Waals surface area contributed by atoms with E-state index in [1.165, 1.54) is 12.0 Å². The maximum absolute atomic E-state index is 12.5. The predicted octanol–water partition coefficient (Wildman–Crippen LogP) is 0.0387. The van der Waals surface area contributed by atoms with Crippen molar-refractivity contribution in [2.45, 2.75) is 12.8 Å². The Hall–Kier alpha value is -2.87. The fraction of sp³-hybridized carbons (Fsp3) is 0.389. The van der Waals surface area contributed by atoms with E-state index in [1.54, 1.807) is 19.2 Å². The molecule has 3 N–H and O–H groups in total. The number of β-amino-alcohol motifs (C(OH)–C–C–N with tert-alkyl or cyclic N) is 1. The van der Waals surface area contributed by atoms with Crippen molar-refractivity contribution < 1.29 is 24.2 Å². The topological polar surface area (TPSA) is 108 Å². The summed E-state index contributed by atoms with van der Waals surface area (Å²) < 4.78 is 4.74. The number of carbonyl (C=O) groups is 3. The van der Waals surface area contributed by atoms with Crippen molar-refractivity contribution >= 4 is 23.5 Å². The summed E-state index contributed by atoms with van der Waals surface area (Å²) >= 11 is 0. The number of aryl methyl sites for hydroxylation is 1. The molecule has 1 aliphatic rings. The molecule has 26 heavy (non-hydrogen) atoms. The van der Waals surface area contributed by atoms with Gasteiger partial charge in [0.25, 0.3) is 5.91 Å². The van der Waals surface area contributed by atoms with Crippen LogP contribution in [-0.2, 0) is 25.5 Å². The minimum atomic E-state index is -0.580. The number of nitrogens with one attached hydrogen (secondary N) is 2. The Balaban J connectivity index is 2.12. The van der Waals surface area contributed by atoms with Crippen LogP contribution in [0.25, 0.3) is 0 Å². The van der Waals surface area contributed by atoms with Crippen molar-refractivity contribution in [3.8, 4) is 0 Å². The molecule has 1 aromatic carbocycles. The van der Waals surface area contributed by atoms with Crippen molar-refractivity contribution in [3.05, 3.63) is 41.1 Å². The summed E-state index contributed by atoms with van der Waals surface area (Å²) in [5.41, 5.74) is 2.02. The molecule has 8 nitrogen and oxygen atoms in total. The largest absolute Gasteiger partial charge is 0.466 e. The number of ether oxygens (including phenoxy) is 1. The van der Waals surface area contributed by atoms with E-state index in [0.717, 1.165) is 5.56 Å². The molecule has 1 aromatic rings. The molecular weight excluding hydrogens is 338 g/mol. The van der Waals surface area contributed by atoms with E-state index in [1.807, 2.05) is 12.1 Å². The summed E-state index contributed by atoms with van der Waals surface area (Å²) in [5.74, 6) is -0.966. The average Bonchev–Trinajstić information content (AvgIpc) is 2.96. The zero-order valence-corrected chi connectivity index (χ0v) is 14.9. The highest BCUT2D eigenvalue weighted by molar-refractivity contribution is 6.08. The molecule has 0 atom stereocenters. The molecule has 0 bridgehead atoms. The van der Waals surface area contributed by atoms with Gasteiger partial charge in [0.1, 0.15) is 5.70 Å². The van der Waals surface area contributed by atoms with Gasteiger partial charge in [-0.1, -0.05) is 12.1 Å². The zero-order valence-electron chi connectivity index (χ0n) is 14.9. The van der Waals surface area contributed by atoms with Gasteiger partial charge in [-0.25, -0.2) is 4.79 Å². The molecule has 1 aliphatic heterocycles. The number of hydrogen-bond acceptors (Lipinski definition) is 6. The van der Waals surface area contributed by atoms with E-state index in [9.17, 15) is 14.4 Å². The van der Waals surface area contributed by atoms with Gasteiger partial charge in [0.2, 0.25) is 5.91 Å². The van der Waals surface area contributed by atoms with Gasteiger partial charge in [-0.3, -0.25) is 9.59 Å². The first kappa shape index (κ1) is 19.5. The smallest absolute Gasteiger partial charge is 0.337 e. The summed E-state index contributed by atoms with van der Waals surface area (Å²) in [4.78, 5) is 37.1. The van der Waals surface area contributed by atoms with Gasteiger partial charge in [0, 0.05) is 25.7 Å². The number of aliphatic hydroxyl groups is 1. The van der Waals surface area contributed by atoms with Gasteiger partial charge >= 0.3 is 5.97 Å². The Kier molecular flexibility index (Phi) is 6.74. The lowest BCUT2D eigenvalue weighted by molar-refractivity contribution is -0.136. The summed E-state index contributed by atoms with van der Waals surface area (Å²) in [7, 11) is 2.86. The number of amides is 2. The highest BCUT2D eigenvalue weighted by Crippen LogP contribution is 2.23. The van der Waals surface area contributed by atoms with Gasteiger partial charge < -0.3 is 25.4 Å². The fourth-order valence-corrected chi connectivity index (χ4v) is 2.63. The molecule has 140 valence electrons. The average molecular weight is 361 g/mol. The van der Waals surface area contributed by atoms with Crippen LogP contribution in [0.4, 0.5) is 5.69 Å². The van der Waals surface area contributed by atoms with Crippen LogP contribution in [-0.4, -0.2) is 61.6 Å². The standard InChI is InChI=1S/C18H23N3O5/c1-19-15(23)8-5-12-3-6-13(7-4-12)20-16-14(18(25)26-2)11-21(9-10-22)17(16)24/h3-4,6-7,20,22H,5,8-11H2,1-2H3,(H,19,23). The van der Waals surface area contributed by atoms with E-state index in [2.05, 4.69) is 10.6 Å². The molecule has 0 radical (unpaired) electrons. The van der Waals surface area contributed by atoms with Crippen molar-refractivity contribution in [1.82, 2.24) is 10.2 Å². The first-order valence-corrected chi connectivity index (χ1v) is 8.28. The van der Waals surface area contributed by atoms with E-state index >= 15 is 0 Å². The van der Waals surface area contributed by atoms with Crippen molar-refractivity contribution in [3.63, 3.8) is 0 Å². The number of carbonyl (C=O) groups excluding carboxylic acids is 3. The molecule has 0 unspecified atom stereocenters. The van der Waals surface area contributed by atoms with Crippen LogP contribution in [0.15, 0.2) is 35.5 Å². The first-order chi connectivity index (χ1) is 12.5. The molecule has 0 aromatic heterocycles. The van der Waals surface area contributed by atoms with Crippen molar-refractivity contribution in [2.24, 2.45) is 0 Å². The number of nitrogens with zero attached hydrogens (tertiary/aromatic N) is 1. The Bertz CT molecular complexity index is 712. The molecule has 1 heterocycles. The molecular formula is C18H23N3O5. The molecule has 0 spiro atoms. The van der Waals surface area contributed by atoms with E-state index in [4.69, 9.17) is 9.84 Å². The second-order valence-corrected chi connectivity index (χ2v) is 5.79. The third kappa shape index (κ3) is 4.60. The van der Waals surface area contributed by atoms with Gasteiger partial charge in [-0.05, 0) is 24.1 Å². The van der Waals surface area contributed by atoms with Crippen LogP contribution < -0.4 is 10.6 Å². The molecule has 0 saturated heterocycles. The van der Waals surface area contributed by atoms with Crippen LogP contribution in [0.3, 0.4) is 0 Å². The van der Waals surface area contributed by atoms with E-state index < -0.39 is 5.97 Å². The Morgan fingerprint density at radius 2 is 1.96 bits per heavy atom. The number of anilines is 1. The number of methoxy groups -OCH3 is 1. The van der Waals surface area contributed by atoms with E-state index in [-0.39, 0.29) is 42.8 Å². The molecule has 8 heteroatoms. The summed E-state index contributed by atoms with van der Waals surface area (Å²) in [6.07, 6.45) is 1.01. The number of hydrogen-bond donors (Lipinski definition) is 3. The maximum atomic E-state index is 12.5. The van der Waals surface area contributed by atoms with Crippen LogP contribution in [0.2, 0.25) is 0 Å². The Labute approximate surface area is 151 Å². The lowest BCUT2D eigenvalue weighted by Crippen LogP contribution is -2.31. The first-order valence-electron chi connectivity index (χ1n) is 8.28. The minimum Gasteiger partial charge on any atom is -0.466 e. The fourth-order valence-electron chi connectivity index (χ4n) is 2.63. The minimum absolute atomic E-state index is 0.0272. The Morgan fingerprint density at radius 1 is 1.27 bits per heavy atom. The quantitative estimate of drug-likeness (QED) is 0.564. The lowest BCUT2D eigenvalue weighted by Gasteiger charge is -2.15. The summed E-state index contributed by atoms with van der Waals surface area (Å²) in [5, 5.41) is 14.6. The number of aliphatic hydroxyl groups excluding tert-OH is 1. The van der Waals surface area contributed by atoms with Crippen molar-refractivity contribution in [2.75, 3.05) is 39.2 Å². The van der Waals surface area contributed by atoms with Gasteiger partial charge in [-0.2, -0.15) is 0 Å². The third-order valence-electron chi connectivity index (χ3n) is 4.10. The molecule has 0 saturated carbocycles. The number of esters is 1. The van der Waals surface area contributed by atoms with Gasteiger partial charge in [0.05, 0.1) is 25.8 Å². The highest BCUT2D eigenvalue weighted by atomic mass is 16.5. The molecule has 0 aliphatic carbocycles. The maximum Gasteiger partial charge on any atom is 0.337 e. The summed E-state index contributed by atoms with van der Waals surface area (Å²) in [6.45, 7) is 0.0507. The van der Waals surface area contributed by atoms with Gasteiger partial charge in [0.15, 0.2) is 0 Å². The van der Waals surface area contributed by atoms with Crippen molar-refractivity contribution in [1.29, 1.82) is 0 Å². The van der Waals surface area contributed by atoms with Gasteiger partial charge in [-0.15, -0.1) is 0 Å². The number of benzene rings is 1. The third-order valence-corrected chi connectivity index (χ3v) is 4.10.